The maximum absolute atomic E-state index is 12.2. The largest absolute Gasteiger partial charge is 0.461 e. The molecule has 25 heavy (non-hydrogen) atoms. The van der Waals surface area contributed by atoms with E-state index in [4.69, 9.17) is 15.2 Å². The molecular formula is C14H21N7O4. The molecule has 0 spiro atoms. The molecule has 0 radical (unpaired) electrons. The lowest BCUT2D eigenvalue weighted by Gasteiger charge is -2.35. The molecule has 1 fully saturated rings. The molecule has 0 saturated carbocycles. The van der Waals surface area contributed by atoms with E-state index in [1.165, 1.54) is 4.68 Å². The molecule has 1 aliphatic heterocycles. The predicted molar refractivity (Wildman–Crippen MR) is 84.9 cm³/mol. The molecule has 0 amide bonds. The van der Waals surface area contributed by atoms with Gasteiger partial charge in [0.1, 0.15) is 0 Å². The van der Waals surface area contributed by atoms with Gasteiger partial charge >= 0.3 is 5.97 Å². The first-order valence-electron chi connectivity index (χ1n) is 8.07. The first-order valence-corrected chi connectivity index (χ1v) is 8.07. The van der Waals surface area contributed by atoms with Gasteiger partial charge in [0.25, 0.3) is 0 Å². The van der Waals surface area contributed by atoms with E-state index in [1.807, 2.05) is 13.8 Å². The van der Waals surface area contributed by atoms with Crippen molar-refractivity contribution in [2.45, 2.75) is 39.5 Å². The molecule has 0 aliphatic carbocycles. The highest BCUT2D eigenvalue weighted by Crippen LogP contribution is 2.20. The van der Waals surface area contributed by atoms with Gasteiger partial charge in [0.2, 0.25) is 11.6 Å². The first kappa shape index (κ1) is 17.3. The number of nitrogens with zero attached hydrogens (tertiary/aromatic N) is 6. The average Bonchev–Trinajstić information content (AvgIpc) is 3.12. The van der Waals surface area contributed by atoms with Gasteiger partial charge in [-0.05, 0) is 31.1 Å². The Morgan fingerprint density at radius 2 is 2.04 bits per heavy atom. The highest BCUT2D eigenvalue weighted by atomic mass is 16.6. The zero-order valence-electron chi connectivity index (χ0n) is 14.4. The maximum atomic E-state index is 12.2. The fraction of sp³-hybridized carbons (Fsp3) is 0.643. The van der Waals surface area contributed by atoms with Crippen molar-refractivity contribution in [2.24, 2.45) is 0 Å². The zero-order chi connectivity index (χ0) is 18.0. The summed E-state index contributed by atoms with van der Waals surface area (Å²) in [5, 5.41) is 15.2. The Kier molecular flexibility index (Phi) is 4.95. The number of esters is 1. The van der Waals surface area contributed by atoms with Crippen LogP contribution in [0, 0.1) is 0 Å². The number of carbonyl (C=O) groups excluding carboxylic acids is 1. The molecule has 2 N–H and O–H groups in total. The van der Waals surface area contributed by atoms with E-state index >= 15 is 0 Å². The van der Waals surface area contributed by atoms with Crippen LogP contribution in [-0.2, 0) is 16.0 Å². The monoisotopic (exact) mass is 351 g/mol. The topological polar surface area (TPSA) is 134 Å². The molecule has 2 unspecified atom stereocenters. The van der Waals surface area contributed by atoms with Gasteiger partial charge in [0.15, 0.2) is 5.69 Å². The van der Waals surface area contributed by atoms with Gasteiger partial charge in [0, 0.05) is 19.6 Å². The van der Waals surface area contributed by atoms with E-state index < -0.39 is 5.97 Å². The van der Waals surface area contributed by atoms with Crippen molar-refractivity contribution in [1.29, 1.82) is 0 Å². The summed E-state index contributed by atoms with van der Waals surface area (Å²) >= 11 is 0. The van der Waals surface area contributed by atoms with Crippen LogP contribution >= 0.6 is 0 Å². The summed E-state index contributed by atoms with van der Waals surface area (Å²) in [5.41, 5.74) is 6.39. The van der Waals surface area contributed by atoms with Gasteiger partial charge in [-0.2, -0.15) is 4.68 Å². The highest BCUT2D eigenvalue weighted by molar-refractivity contribution is 5.88. The fourth-order valence-electron chi connectivity index (χ4n) is 2.93. The normalized spacial score (nSPS) is 21.4. The summed E-state index contributed by atoms with van der Waals surface area (Å²) in [7, 11) is 0. The summed E-state index contributed by atoms with van der Waals surface area (Å²) in [6.45, 7) is 7.81. The van der Waals surface area contributed by atoms with Crippen LogP contribution in [0.15, 0.2) is 4.63 Å². The predicted octanol–water partition coefficient (Wildman–Crippen LogP) is 0.0184. The van der Waals surface area contributed by atoms with Crippen LogP contribution in [0.25, 0.3) is 5.82 Å². The van der Waals surface area contributed by atoms with Gasteiger partial charge in [-0.1, -0.05) is 5.21 Å². The third kappa shape index (κ3) is 3.61. The third-order valence-corrected chi connectivity index (χ3v) is 3.80. The van der Waals surface area contributed by atoms with Crippen LogP contribution < -0.4 is 5.73 Å². The number of hydrogen-bond donors (Lipinski definition) is 1. The number of carbonyl (C=O) groups is 1. The van der Waals surface area contributed by atoms with Crippen LogP contribution in [-0.4, -0.2) is 68.1 Å². The lowest BCUT2D eigenvalue weighted by Crippen LogP contribution is -2.45. The molecule has 3 heterocycles. The number of hydrogen-bond acceptors (Lipinski definition) is 10. The molecule has 2 aromatic rings. The molecule has 2 atom stereocenters. The molecule has 3 rings (SSSR count). The Morgan fingerprint density at radius 1 is 1.32 bits per heavy atom. The van der Waals surface area contributed by atoms with Crippen molar-refractivity contribution in [3.63, 3.8) is 0 Å². The highest BCUT2D eigenvalue weighted by Gasteiger charge is 2.29. The second-order valence-electron chi connectivity index (χ2n) is 5.94. The molecule has 11 nitrogen and oxygen atoms in total. The van der Waals surface area contributed by atoms with Crippen molar-refractivity contribution >= 4 is 11.8 Å². The lowest BCUT2D eigenvalue weighted by molar-refractivity contribution is -0.0709. The van der Waals surface area contributed by atoms with E-state index in [-0.39, 0.29) is 36.1 Å². The summed E-state index contributed by atoms with van der Waals surface area (Å²) in [4.78, 5) is 14.4. The smallest absolute Gasteiger partial charge is 0.360 e. The van der Waals surface area contributed by atoms with Gasteiger partial charge in [0.05, 0.1) is 24.5 Å². The van der Waals surface area contributed by atoms with Crippen LogP contribution in [0.4, 0.5) is 5.82 Å². The number of aromatic nitrogens is 5. The number of anilines is 1. The number of nitrogens with two attached hydrogens (primary N) is 1. The SMILES string of the molecule is CCOC(=O)c1nnn(-c2nonc2N)c1CN1CC(C)OC(C)C1. The third-order valence-electron chi connectivity index (χ3n) is 3.80. The average molecular weight is 351 g/mol. The quantitative estimate of drug-likeness (QED) is 0.734. The minimum atomic E-state index is -0.548. The Bertz CT molecular complexity index is 733. The summed E-state index contributed by atoms with van der Waals surface area (Å²) in [6, 6.07) is 0. The second kappa shape index (κ2) is 7.15. The maximum Gasteiger partial charge on any atom is 0.360 e. The number of morpholine rings is 1. The molecule has 1 saturated heterocycles. The Labute approximate surface area is 144 Å². The standard InChI is InChI=1S/C14H21N7O4/c1-4-23-14(22)11-10(7-20-5-8(2)24-9(3)6-20)21(19-16-11)13-12(15)17-25-18-13/h8-9H,4-7H2,1-3H3,(H2,15,17). The lowest BCUT2D eigenvalue weighted by atomic mass is 10.2. The second-order valence-corrected chi connectivity index (χ2v) is 5.94. The van der Waals surface area contributed by atoms with E-state index in [1.54, 1.807) is 6.92 Å². The Morgan fingerprint density at radius 3 is 2.64 bits per heavy atom. The van der Waals surface area contributed by atoms with E-state index in [0.29, 0.717) is 25.3 Å². The van der Waals surface area contributed by atoms with E-state index in [2.05, 4.69) is 30.2 Å². The van der Waals surface area contributed by atoms with Crippen molar-refractivity contribution in [2.75, 3.05) is 25.4 Å². The van der Waals surface area contributed by atoms with Crippen LogP contribution in [0.3, 0.4) is 0 Å². The van der Waals surface area contributed by atoms with Crippen LogP contribution in [0.5, 0.6) is 0 Å². The minimum absolute atomic E-state index is 0.0604. The fourth-order valence-corrected chi connectivity index (χ4v) is 2.93. The number of rotatable bonds is 5. The molecule has 136 valence electrons. The van der Waals surface area contributed by atoms with E-state index in [0.717, 1.165) is 0 Å². The summed E-state index contributed by atoms with van der Waals surface area (Å²) in [6.07, 6.45) is 0.163. The van der Waals surface area contributed by atoms with Gasteiger partial charge in [-0.15, -0.1) is 5.10 Å². The van der Waals surface area contributed by atoms with E-state index in [9.17, 15) is 4.79 Å². The van der Waals surface area contributed by atoms with Crippen LogP contribution in [0.2, 0.25) is 0 Å². The molecular weight excluding hydrogens is 330 g/mol. The van der Waals surface area contributed by atoms with Crippen LogP contribution in [0.1, 0.15) is 37.0 Å². The zero-order valence-corrected chi connectivity index (χ0v) is 14.4. The van der Waals surface area contributed by atoms with Crippen molar-refractivity contribution in [3.05, 3.63) is 11.4 Å². The molecule has 11 heteroatoms. The summed E-state index contributed by atoms with van der Waals surface area (Å²) in [5.74, 6) is -0.300. The molecule has 0 bridgehead atoms. The van der Waals surface area contributed by atoms with Crippen molar-refractivity contribution < 1.29 is 18.9 Å². The molecule has 1 aliphatic rings. The molecule has 0 aromatic carbocycles. The van der Waals surface area contributed by atoms with Crippen molar-refractivity contribution in [3.8, 4) is 5.82 Å². The minimum Gasteiger partial charge on any atom is -0.461 e. The summed E-state index contributed by atoms with van der Waals surface area (Å²) < 4.78 is 16.8. The number of ether oxygens (including phenoxy) is 2. The first-order chi connectivity index (χ1) is 12.0. The Balaban J connectivity index is 1.95. The van der Waals surface area contributed by atoms with Crippen molar-refractivity contribution in [1.82, 2.24) is 30.2 Å². The van der Waals surface area contributed by atoms with Gasteiger partial charge in [-0.25, -0.2) is 9.42 Å². The Hall–Kier alpha value is -2.53. The van der Waals surface area contributed by atoms with Gasteiger partial charge < -0.3 is 15.2 Å². The van der Waals surface area contributed by atoms with Gasteiger partial charge in [-0.3, -0.25) is 4.90 Å². The number of nitrogen functional groups attached to an aromatic ring is 1. The molecule has 2 aromatic heterocycles.